The molecule has 1 unspecified atom stereocenters. The van der Waals surface area contributed by atoms with Gasteiger partial charge in [0.1, 0.15) is 0 Å². The summed E-state index contributed by atoms with van der Waals surface area (Å²) in [4.78, 5) is 0. The summed E-state index contributed by atoms with van der Waals surface area (Å²) in [5, 5.41) is 0. The molecule has 0 bridgehead atoms. The Morgan fingerprint density at radius 2 is 1.32 bits per heavy atom. The van der Waals surface area contributed by atoms with Gasteiger partial charge in [0.15, 0.2) is 5.79 Å². The van der Waals surface area contributed by atoms with Gasteiger partial charge in [-0.25, -0.2) is 0 Å². The third kappa shape index (κ3) is 11.5. The minimum Gasteiger partial charge on any atom is -0.350 e. The highest BCUT2D eigenvalue weighted by Gasteiger charge is 2.38. The zero-order chi connectivity index (χ0) is 18.8. The van der Waals surface area contributed by atoms with Gasteiger partial charge in [-0.1, -0.05) is 66.2 Å². The minimum atomic E-state index is -0.435. The fraction of sp³-hybridized carbons (Fsp3) is 1.00. The highest BCUT2D eigenvalue weighted by Crippen LogP contribution is 2.36. The van der Waals surface area contributed by atoms with E-state index in [1.165, 1.54) is 44.9 Å². The number of hydrogen-bond acceptors (Lipinski definition) is 4. The lowest BCUT2D eigenvalue weighted by Crippen LogP contribution is -2.44. The molecule has 0 saturated heterocycles. The van der Waals surface area contributed by atoms with Gasteiger partial charge in [-0.15, -0.1) is 0 Å². The van der Waals surface area contributed by atoms with Crippen molar-refractivity contribution in [1.82, 2.24) is 0 Å². The first-order chi connectivity index (χ1) is 12.2. The molecule has 0 amide bonds. The van der Waals surface area contributed by atoms with E-state index in [1.807, 2.05) is 0 Å². The third-order valence-electron chi connectivity index (χ3n) is 4.91. The molecule has 1 atom stereocenters. The molecule has 0 saturated carbocycles. The Hall–Kier alpha value is 0.230. The molecule has 0 radical (unpaired) electrons. The van der Waals surface area contributed by atoms with E-state index in [-0.39, 0.29) is 0 Å². The molecule has 3 nitrogen and oxygen atoms in total. The summed E-state index contributed by atoms with van der Waals surface area (Å²) in [6.45, 7) is 10.3. The van der Waals surface area contributed by atoms with E-state index in [0.29, 0.717) is 5.92 Å². The van der Waals surface area contributed by atoms with Gasteiger partial charge in [-0.3, -0.25) is 0 Å². The number of hydrogen-bond donors (Lipinski definition) is 1. The second-order valence-electron chi connectivity index (χ2n) is 7.09. The van der Waals surface area contributed by atoms with E-state index in [9.17, 15) is 0 Å². The zero-order valence-electron chi connectivity index (χ0n) is 17.4. The average Bonchev–Trinajstić information content (AvgIpc) is 2.64. The van der Waals surface area contributed by atoms with Crippen LogP contribution in [-0.4, -0.2) is 29.3 Å². The zero-order valence-corrected chi connectivity index (χ0v) is 18.2. The van der Waals surface area contributed by atoms with Gasteiger partial charge in [-0.2, -0.15) is 0 Å². The minimum absolute atomic E-state index is 0.425. The van der Waals surface area contributed by atoms with Crippen LogP contribution in [0.4, 0.5) is 0 Å². The second kappa shape index (κ2) is 17.6. The van der Waals surface area contributed by atoms with Crippen LogP contribution in [0.25, 0.3) is 0 Å². The monoisotopic (exact) mass is 376 g/mol. The molecule has 0 heterocycles. The van der Waals surface area contributed by atoms with Crippen molar-refractivity contribution >= 4 is 12.0 Å². The van der Waals surface area contributed by atoms with Crippen molar-refractivity contribution in [2.24, 2.45) is 5.92 Å². The summed E-state index contributed by atoms with van der Waals surface area (Å²) in [7, 11) is 0. The number of unbranched alkanes of at least 4 members (excludes halogenated alkanes) is 5. The van der Waals surface area contributed by atoms with Gasteiger partial charge in [-0.05, 0) is 50.6 Å². The van der Waals surface area contributed by atoms with Crippen LogP contribution < -0.4 is 0 Å². The SMILES string of the molecule is CCCCCCCCC(CCCSO)C(CC)(OCCC)OCCC. The van der Waals surface area contributed by atoms with Crippen LogP contribution in [0.3, 0.4) is 0 Å². The van der Waals surface area contributed by atoms with Gasteiger partial charge >= 0.3 is 0 Å². The van der Waals surface area contributed by atoms with Gasteiger partial charge in [0, 0.05) is 24.9 Å². The van der Waals surface area contributed by atoms with Crippen LogP contribution in [0.2, 0.25) is 0 Å². The second-order valence-corrected chi connectivity index (χ2v) is 7.76. The smallest absolute Gasteiger partial charge is 0.170 e. The average molecular weight is 377 g/mol. The Morgan fingerprint density at radius 3 is 1.84 bits per heavy atom. The molecule has 1 N–H and O–H groups in total. The maximum atomic E-state index is 9.07. The molecular weight excluding hydrogens is 332 g/mol. The number of ether oxygens (including phenoxy) is 2. The van der Waals surface area contributed by atoms with Crippen molar-refractivity contribution in [2.45, 2.75) is 111 Å². The first kappa shape index (κ1) is 25.2. The van der Waals surface area contributed by atoms with E-state index in [0.717, 1.165) is 63.1 Å². The van der Waals surface area contributed by atoms with Crippen molar-refractivity contribution in [3.05, 3.63) is 0 Å². The molecule has 0 aliphatic carbocycles. The Bertz CT molecular complexity index is 266. The summed E-state index contributed by atoms with van der Waals surface area (Å²) in [6, 6.07) is 0. The first-order valence-electron chi connectivity index (χ1n) is 10.7. The predicted molar refractivity (Wildman–Crippen MR) is 111 cm³/mol. The highest BCUT2D eigenvalue weighted by atomic mass is 32.2. The van der Waals surface area contributed by atoms with E-state index < -0.39 is 5.79 Å². The van der Waals surface area contributed by atoms with Crippen LogP contribution in [0, 0.1) is 5.92 Å². The Morgan fingerprint density at radius 1 is 0.760 bits per heavy atom. The molecule has 0 aliphatic rings. The van der Waals surface area contributed by atoms with Crippen LogP contribution >= 0.6 is 12.0 Å². The quantitative estimate of drug-likeness (QED) is 0.146. The van der Waals surface area contributed by atoms with Gasteiger partial charge in [0.2, 0.25) is 0 Å². The summed E-state index contributed by atoms with van der Waals surface area (Å²) < 4.78 is 21.7. The summed E-state index contributed by atoms with van der Waals surface area (Å²) in [6.07, 6.45) is 14.1. The number of rotatable bonds is 19. The molecular formula is C21H44O3S. The summed E-state index contributed by atoms with van der Waals surface area (Å²) >= 11 is 0.953. The van der Waals surface area contributed by atoms with E-state index in [4.69, 9.17) is 14.0 Å². The topological polar surface area (TPSA) is 38.7 Å². The van der Waals surface area contributed by atoms with E-state index in [2.05, 4.69) is 27.7 Å². The standard InChI is InChI=1S/C21H44O3S/c1-5-9-10-11-12-13-15-20(16-14-19-25-22)21(8-4,23-17-6-2)24-18-7-3/h20,22H,5-19H2,1-4H3. The lowest BCUT2D eigenvalue weighted by molar-refractivity contribution is -0.271. The third-order valence-corrected chi connectivity index (χ3v) is 5.38. The molecule has 0 aliphatic heterocycles. The molecule has 25 heavy (non-hydrogen) atoms. The highest BCUT2D eigenvalue weighted by molar-refractivity contribution is 7.93. The van der Waals surface area contributed by atoms with Crippen molar-refractivity contribution in [3.63, 3.8) is 0 Å². The van der Waals surface area contributed by atoms with Crippen molar-refractivity contribution in [3.8, 4) is 0 Å². The normalized spacial score (nSPS) is 13.3. The molecule has 152 valence electrons. The van der Waals surface area contributed by atoms with Crippen molar-refractivity contribution in [2.75, 3.05) is 19.0 Å². The molecule has 0 rings (SSSR count). The lowest BCUT2D eigenvalue weighted by atomic mass is 9.86. The maximum absolute atomic E-state index is 9.07. The molecule has 0 fully saturated rings. The molecule has 0 aromatic heterocycles. The van der Waals surface area contributed by atoms with Crippen LogP contribution in [-0.2, 0) is 9.47 Å². The van der Waals surface area contributed by atoms with Crippen molar-refractivity contribution < 1.29 is 14.0 Å². The first-order valence-corrected chi connectivity index (χ1v) is 11.7. The fourth-order valence-electron chi connectivity index (χ4n) is 3.47. The largest absolute Gasteiger partial charge is 0.350 e. The van der Waals surface area contributed by atoms with Crippen molar-refractivity contribution in [1.29, 1.82) is 0 Å². The van der Waals surface area contributed by atoms with Gasteiger partial charge < -0.3 is 14.0 Å². The predicted octanol–water partition coefficient (Wildman–Crippen LogP) is 7.30. The maximum Gasteiger partial charge on any atom is 0.170 e. The lowest BCUT2D eigenvalue weighted by Gasteiger charge is -2.40. The molecule has 0 spiro atoms. The fourth-order valence-corrected chi connectivity index (χ4v) is 3.77. The summed E-state index contributed by atoms with van der Waals surface area (Å²) in [5.74, 6) is 0.790. The van der Waals surface area contributed by atoms with Crippen LogP contribution in [0.15, 0.2) is 0 Å². The Kier molecular flexibility index (Phi) is 17.8. The van der Waals surface area contributed by atoms with E-state index in [1.54, 1.807) is 0 Å². The van der Waals surface area contributed by atoms with Crippen LogP contribution in [0.1, 0.15) is 105 Å². The summed E-state index contributed by atoms with van der Waals surface area (Å²) in [5.41, 5.74) is 0. The van der Waals surface area contributed by atoms with Gasteiger partial charge in [0.05, 0.1) is 0 Å². The molecule has 4 heteroatoms. The molecule has 0 aromatic rings. The van der Waals surface area contributed by atoms with Crippen LogP contribution in [0.5, 0.6) is 0 Å². The van der Waals surface area contributed by atoms with Gasteiger partial charge in [0.25, 0.3) is 0 Å². The Balaban J connectivity index is 4.78. The van der Waals surface area contributed by atoms with E-state index >= 15 is 0 Å². The molecule has 0 aromatic carbocycles. The Labute approximate surface area is 161 Å².